The fraction of sp³-hybridized carbons (Fsp3) is 0.200. The third-order valence-corrected chi connectivity index (χ3v) is 5.24. The maximum absolute atomic E-state index is 12.8. The van der Waals surface area contributed by atoms with Gasteiger partial charge in [-0.1, -0.05) is 42.5 Å². The van der Waals surface area contributed by atoms with Crippen molar-refractivity contribution in [3.8, 4) is 11.4 Å². The summed E-state index contributed by atoms with van der Waals surface area (Å²) in [7, 11) is 0. The van der Waals surface area contributed by atoms with Crippen molar-refractivity contribution in [1.82, 2.24) is 9.97 Å². The Morgan fingerprint density at radius 3 is 2.48 bits per heavy atom. The van der Waals surface area contributed by atoms with Gasteiger partial charge in [0, 0.05) is 35.8 Å². The number of benzene rings is 2. The first-order valence-corrected chi connectivity index (χ1v) is 10.1. The SMILES string of the molecule is CCN(C(=O)CCCc1c(-c2ccccn2)[nH]c2ccccc12)c1ccccc1. The first-order chi connectivity index (χ1) is 14.3. The molecule has 0 radical (unpaired) electrons. The van der Waals surface area contributed by atoms with E-state index in [9.17, 15) is 4.79 Å². The van der Waals surface area contributed by atoms with Crippen molar-refractivity contribution in [3.05, 3.63) is 84.6 Å². The van der Waals surface area contributed by atoms with Crippen LogP contribution < -0.4 is 4.90 Å². The molecular weight excluding hydrogens is 358 g/mol. The molecule has 2 aromatic carbocycles. The van der Waals surface area contributed by atoms with Gasteiger partial charge in [0.1, 0.15) is 0 Å². The first-order valence-electron chi connectivity index (χ1n) is 10.1. The van der Waals surface area contributed by atoms with E-state index in [0.717, 1.165) is 35.4 Å². The van der Waals surface area contributed by atoms with Crippen LogP contribution in [0.15, 0.2) is 79.0 Å². The minimum atomic E-state index is 0.165. The van der Waals surface area contributed by atoms with Crippen LogP contribution in [-0.4, -0.2) is 22.4 Å². The number of amides is 1. The molecule has 2 heterocycles. The Morgan fingerprint density at radius 2 is 1.72 bits per heavy atom. The molecule has 0 saturated heterocycles. The maximum atomic E-state index is 12.8. The number of pyridine rings is 1. The number of H-pyrrole nitrogens is 1. The van der Waals surface area contributed by atoms with Crippen LogP contribution >= 0.6 is 0 Å². The van der Waals surface area contributed by atoms with E-state index in [1.807, 2.05) is 72.6 Å². The number of para-hydroxylation sites is 2. The molecule has 1 N–H and O–H groups in total. The minimum absolute atomic E-state index is 0.165. The standard InChI is InChI=1S/C25H25N3O/c1-2-28(19-11-4-3-5-12-19)24(29)17-10-14-21-20-13-6-7-15-22(20)27-25(21)23-16-8-9-18-26-23/h3-9,11-13,15-16,18,27H,2,10,14,17H2,1H3. The van der Waals surface area contributed by atoms with Crippen molar-refractivity contribution in [1.29, 1.82) is 0 Å². The number of nitrogens with zero attached hydrogens (tertiary/aromatic N) is 2. The highest BCUT2D eigenvalue weighted by atomic mass is 16.2. The molecule has 29 heavy (non-hydrogen) atoms. The number of aromatic amines is 1. The predicted octanol–water partition coefficient (Wildman–Crippen LogP) is 5.61. The number of anilines is 1. The van der Waals surface area contributed by atoms with Crippen LogP contribution in [0.2, 0.25) is 0 Å². The third-order valence-electron chi connectivity index (χ3n) is 5.24. The van der Waals surface area contributed by atoms with E-state index in [1.54, 1.807) is 0 Å². The number of carbonyl (C=O) groups excluding carboxylic acids is 1. The molecule has 4 aromatic rings. The number of hydrogen-bond donors (Lipinski definition) is 1. The van der Waals surface area contributed by atoms with Crippen LogP contribution in [0.25, 0.3) is 22.3 Å². The normalized spacial score (nSPS) is 10.9. The Balaban J connectivity index is 1.53. The number of rotatable bonds is 7. The predicted molar refractivity (Wildman–Crippen MR) is 119 cm³/mol. The molecule has 4 nitrogen and oxygen atoms in total. The van der Waals surface area contributed by atoms with Crippen LogP contribution in [-0.2, 0) is 11.2 Å². The average Bonchev–Trinajstić information content (AvgIpc) is 3.14. The van der Waals surface area contributed by atoms with Crippen molar-refractivity contribution < 1.29 is 4.79 Å². The zero-order chi connectivity index (χ0) is 20.1. The largest absolute Gasteiger partial charge is 0.353 e. The summed E-state index contributed by atoms with van der Waals surface area (Å²) in [5.41, 5.74) is 5.28. The lowest BCUT2D eigenvalue weighted by atomic mass is 10.0. The van der Waals surface area contributed by atoms with E-state index in [4.69, 9.17) is 0 Å². The molecule has 0 saturated carbocycles. The summed E-state index contributed by atoms with van der Waals surface area (Å²) in [5, 5.41) is 1.20. The molecule has 0 bridgehead atoms. The molecule has 146 valence electrons. The monoisotopic (exact) mass is 383 g/mol. The third kappa shape index (κ3) is 4.06. The van der Waals surface area contributed by atoms with E-state index >= 15 is 0 Å². The Morgan fingerprint density at radius 1 is 0.966 bits per heavy atom. The Labute approximate surface area is 171 Å². The molecule has 0 spiro atoms. The highest BCUT2D eigenvalue weighted by molar-refractivity contribution is 5.93. The summed E-state index contributed by atoms with van der Waals surface area (Å²) in [6.45, 7) is 2.69. The lowest BCUT2D eigenvalue weighted by molar-refractivity contribution is -0.118. The van der Waals surface area contributed by atoms with Crippen molar-refractivity contribution in [2.45, 2.75) is 26.2 Å². The molecule has 0 aliphatic rings. The molecule has 0 fully saturated rings. The summed E-state index contributed by atoms with van der Waals surface area (Å²) >= 11 is 0. The molecule has 4 heteroatoms. The topological polar surface area (TPSA) is 49.0 Å². The molecule has 1 amide bonds. The number of aromatic nitrogens is 2. The van der Waals surface area contributed by atoms with E-state index in [-0.39, 0.29) is 5.91 Å². The zero-order valence-electron chi connectivity index (χ0n) is 16.6. The first kappa shape index (κ1) is 18.9. The number of fused-ring (bicyclic) bond motifs is 1. The van der Waals surface area contributed by atoms with Gasteiger partial charge in [-0.15, -0.1) is 0 Å². The number of nitrogens with one attached hydrogen (secondary N) is 1. The summed E-state index contributed by atoms with van der Waals surface area (Å²) in [6.07, 6.45) is 3.95. The minimum Gasteiger partial charge on any atom is -0.353 e. The van der Waals surface area contributed by atoms with Crippen LogP contribution in [0.4, 0.5) is 5.69 Å². The number of aryl methyl sites for hydroxylation is 1. The van der Waals surface area contributed by atoms with Crippen LogP contribution in [0.5, 0.6) is 0 Å². The smallest absolute Gasteiger partial charge is 0.226 e. The van der Waals surface area contributed by atoms with E-state index in [2.05, 4.69) is 28.2 Å². The van der Waals surface area contributed by atoms with Crippen LogP contribution in [0.3, 0.4) is 0 Å². The lowest BCUT2D eigenvalue weighted by Gasteiger charge is -2.21. The second kappa shape index (κ2) is 8.74. The van der Waals surface area contributed by atoms with Crippen molar-refractivity contribution in [2.75, 3.05) is 11.4 Å². The fourth-order valence-electron chi connectivity index (χ4n) is 3.85. The Bertz CT molecular complexity index is 1090. The Kier molecular flexibility index (Phi) is 5.71. The van der Waals surface area contributed by atoms with Gasteiger partial charge in [0.2, 0.25) is 5.91 Å². The van der Waals surface area contributed by atoms with Crippen LogP contribution in [0.1, 0.15) is 25.3 Å². The summed E-state index contributed by atoms with van der Waals surface area (Å²) in [5.74, 6) is 0.165. The Hall–Kier alpha value is -3.40. The van der Waals surface area contributed by atoms with E-state index < -0.39 is 0 Å². The van der Waals surface area contributed by atoms with Gasteiger partial charge in [-0.3, -0.25) is 9.78 Å². The highest BCUT2D eigenvalue weighted by Crippen LogP contribution is 2.30. The van der Waals surface area contributed by atoms with Crippen LogP contribution in [0, 0.1) is 0 Å². The molecule has 2 aromatic heterocycles. The van der Waals surface area contributed by atoms with Crippen molar-refractivity contribution >= 4 is 22.5 Å². The fourth-order valence-corrected chi connectivity index (χ4v) is 3.85. The molecule has 0 atom stereocenters. The number of carbonyl (C=O) groups is 1. The number of hydrogen-bond acceptors (Lipinski definition) is 2. The molecule has 0 aliphatic heterocycles. The van der Waals surface area contributed by atoms with Crippen molar-refractivity contribution in [2.24, 2.45) is 0 Å². The summed E-state index contributed by atoms with van der Waals surface area (Å²) in [4.78, 5) is 22.7. The lowest BCUT2D eigenvalue weighted by Crippen LogP contribution is -2.30. The second-order valence-corrected chi connectivity index (χ2v) is 7.07. The highest BCUT2D eigenvalue weighted by Gasteiger charge is 2.16. The van der Waals surface area contributed by atoms with Crippen molar-refractivity contribution in [3.63, 3.8) is 0 Å². The molecule has 0 unspecified atom stereocenters. The van der Waals surface area contributed by atoms with E-state index in [1.165, 1.54) is 10.9 Å². The zero-order valence-corrected chi connectivity index (χ0v) is 16.6. The van der Waals surface area contributed by atoms with Gasteiger partial charge < -0.3 is 9.88 Å². The van der Waals surface area contributed by atoms with Gasteiger partial charge in [-0.05, 0) is 55.7 Å². The van der Waals surface area contributed by atoms with E-state index in [0.29, 0.717) is 13.0 Å². The summed E-state index contributed by atoms with van der Waals surface area (Å²) in [6, 6.07) is 24.1. The van der Waals surface area contributed by atoms with Gasteiger partial charge in [-0.25, -0.2) is 0 Å². The molecular formula is C25H25N3O. The molecule has 4 rings (SSSR count). The van der Waals surface area contributed by atoms with Gasteiger partial charge >= 0.3 is 0 Å². The van der Waals surface area contributed by atoms with Gasteiger partial charge in [0.25, 0.3) is 0 Å². The maximum Gasteiger partial charge on any atom is 0.226 e. The van der Waals surface area contributed by atoms with Gasteiger partial charge in [0.05, 0.1) is 11.4 Å². The molecule has 0 aliphatic carbocycles. The second-order valence-electron chi connectivity index (χ2n) is 7.07. The van der Waals surface area contributed by atoms with Gasteiger partial charge in [0.15, 0.2) is 0 Å². The summed E-state index contributed by atoms with van der Waals surface area (Å²) < 4.78 is 0. The van der Waals surface area contributed by atoms with Gasteiger partial charge in [-0.2, -0.15) is 0 Å². The quantitative estimate of drug-likeness (QED) is 0.451. The average molecular weight is 383 g/mol.